The number of hydrogen-bond acceptors (Lipinski definition) is 4. The Kier molecular flexibility index (Phi) is 5.81. The summed E-state index contributed by atoms with van der Waals surface area (Å²) >= 11 is 0. The molecule has 1 aromatic heterocycles. The maximum atomic E-state index is 13.8. The topological polar surface area (TPSA) is 83.6 Å². The summed E-state index contributed by atoms with van der Waals surface area (Å²) in [5.41, 5.74) is 6.85. The molecule has 6 rings (SSSR count). The van der Waals surface area contributed by atoms with Gasteiger partial charge in [0.25, 0.3) is 5.91 Å². The van der Waals surface area contributed by atoms with Crippen LogP contribution < -0.4 is 20.3 Å². The van der Waals surface area contributed by atoms with Crippen LogP contribution in [0, 0.1) is 0 Å². The summed E-state index contributed by atoms with van der Waals surface area (Å²) in [5.74, 6) is 0.634. The molecule has 1 saturated heterocycles. The van der Waals surface area contributed by atoms with E-state index in [0.717, 1.165) is 57.6 Å². The van der Waals surface area contributed by atoms with E-state index in [1.165, 1.54) is 0 Å². The highest BCUT2D eigenvalue weighted by atomic mass is 16.5. The Hall–Kier alpha value is -4.65. The normalized spacial score (nSPS) is 15.6. The minimum atomic E-state index is -0.177. The molecular formula is C30H26N4O3. The smallest absolute Gasteiger partial charge is 0.321 e. The van der Waals surface area contributed by atoms with Crippen molar-refractivity contribution >= 4 is 45.9 Å². The van der Waals surface area contributed by atoms with Crippen LogP contribution in [0.5, 0.6) is 5.75 Å². The molecule has 184 valence electrons. The van der Waals surface area contributed by atoms with E-state index in [9.17, 15) is 9.59 Å². The number of urea groups is 1. The number of rotatable bonds is 5. The van der Waals surface area contributed by atoms with Crippen molar-refractivity contribution in [2.45, 2.75) is 12.8 Å². The van der Waals surface area contributed by atoms with E-state index in [4.69, 9.17) is 9.72 Å². The molecule has 1 aliphatic carbocycles. The first-order valence-corrected chi connectivity index (χ1v) is 12.3. The quantitative estimate of drug-likeness (QED) is 0.386. The molecule has 4 aromatic rings. The zero-order chi connectivity index (χ0) is 25.4. The number of nitrogens with zero attached hydrogens (tertiary/aromatic N) is 2. The maximum absolute atomic E-state index is 13.8. The number of aromatic nitrogens is 1. The van der Waals surface area contributed by atoms with Gasteiger partial charge in [-0.25, -0.2) is 9.78 Å². The van der Waals surface area contributed by atoms with Gasteiger partial charge < -0.3 is 15.4 Å². The number of amides is 3. The lowest BCUT2D eigenvalue weighted by Crippen LogP contribution is -2.27. The van der Waals surface area contributed by atoms with Crippen molar-refractivity contribution in [1.29, 1.82) is 0 Å². The zero-order valence-corrected chi connectivity index (χ0v) is 20.5. The number of carbonyl (C=O) groups excluding carboxylic acids is 2. The molecule has 3 amide bonds. The van der Waals surface area contributed by atoms with Gasteiger partial charge in [-0.1, -0.05) is 36.4 Å². The van der Waals surface area contributed by atoms with E-state index in [1.807, 2.05) is 72.8 Å². The fourth-order valence-corrected chi connectivity index (χ4v) is 5.10. The summed E-state index contributed by atoms with van der Waals surface area (Å²) in [7, 11) is 1.65. The van der Waals surface area contributed by atoms with Gasteiger partial charge in [-0.2, -0.15) is 0 Å². The second-order valence-corrected chi connectivity index (χ2v) is 9.16. The number of ether oxygens (including phenoxy) is 1. The van der Waals surface area contributed by atoms with E-state index in [1.54, 1.807) is 12.0 Å². The molecule has 0 bridgehead atoms. The molecule has 7 heteroatoms. The highest BCUT2D eigenvalue weighted by molar-refractivity contribution is 6.15. The van der Waals surface area contributed by atoms with Crippen LogP contribution in [-0.4, -0.2) is 37.1 Å². The summed E-state index contributed by atoms with van der Waals surface area (Å²) in [6.45, 7) is 1.21. The number of para-hydroxylation sites is 1. The average molecular weight is 491 g/mol. The lowest BCUT2D eigenvalue weighted by Gasteiger charge is -2.16. The highest BCUT2D eigenvalue weighted by Crippen LogP contribution is 2.38. The molecule has 0 radical (unpaired) electrons. The van der Waals surface area contributed by atoms with Crippen molar-refractivity contribution in [3.63, 3.8) is 0 Å². The van der Waals surface area contributed by atoms with Crippen LogP contribution in [0.2, 0.25) is 0 Å². The van der Waals surface area contributed by atoms with E-state index in [2.05, 4.69) is 16.7 Å². The van der Waals surface area contributed by atoms with E-state index in [-0.39, 0.29) is 11.9 Å². The maximum Gasteiger partial charge on any atom is 0.321 e. The summed E-state index contributed by atoms with van der Waals surface area (Å²) in [6.07, 6.45) is 3.69. The Labute approximate surface area is 214 Å². The molecule has 2 N–H and O–H groups in total. The van der Waals surface area contributed by atoms with Gasteiger partial charge in [0.1, 0.15) is 5.75 Å². The van der Waals surface area contributed by atoms with Gasteiger partial charge >= 0.3 is 6.03 Å². The molecule has 2 heterocycles. The number of allylic oxidation sites excluding steroid dienone is 1. The van der Waals surface area contributed by atoms with Crippen LogP contribution in [0.25, 0.3) is 22.6 Å². The SMILES string of the molecule is COc1ccc(/C=C2/CCc3c2nc2ccccc2c3C(=O)Nc2cccc(N3CCNC3=O)c2)cc1. The molecule has 0 atom stereocenters. The number of anilines is 2. The van der Waals surface area contributed by atoms with Crippen molar-refractivity contribution in [3.8, 4) is 5.75 Å². The Bertz CT molecular complexity index is 1560. The van der Waals surface area contributed by atoms with Crippen LogP contribution in [0.1, 0.15) is 33.6 Å². The van der Waals surface area contributed by atoms with E-state index >= 15 is 0 Å². The molecule has 1 aliphatic heterocycles. The van der Waals surface area contributed by atoms with Gasteiger partial charge in [0.15, 0.2) is 0 Å². The third kappa shape index (κ3) is 4.29. The van der Waals surface area contributed by atoms with Gasteiger partial charge in [0, 0.05) is 29.9 Å². The molecule has 3 aromatic carbocycles. The number of pyridine rings is 1. The van der Waals surface area contributed by atoms with Crippen molar-refractivity contribution in [2.75, 3.05) is 30.4 Å². The first kappa shape index (κ1) is 22.8. The molecule has 37 heavy (non-hydrogen) atoms. The number of nitrogens with one attached hydrogen (secondary N) is 2. The number of methoxy groups -OCH3 is 1. The predicted molar refractivity (Wildman–Crippen MR) is 146 cm³/mol. The average Bonchev–Trinajstić information content (AvgIpc) is 3.53. The van der Waals surface area contributed by atoms with Crippen LogP contribution in [0.4, 0.5) is 16.2 Å². The van der Waals surface area contributed by atoms with Gasteiger partial charge in [0.05, 0.1) is 23.9 Å². The Balaban J connectivity index is 1.37. The monoisotopic (exact) mass is 490 g/mol. The number of benzene rings is 3. The molecule has 2 aliphatic rings. The lowest BCUT2D eigenvalue weighted by molar-refractivity contribution is 0.102. The molecular weight excluding hydrogens is 464 g/mol. The van der Waals surface area contributed by atoms with Crippen molar-refractivity contribution in [1.82, 2.24) is 10.3 Å². The summed E-state index contributed by atoms with van der Waals surface area (Å²) in [6, 6.07) is 23.0. The number of carbonyl (C=O) groups is 2. The summed E-state index contributed by atoms with van der Waals surface area (Å²) in [4.78, 5) is 32.5. The minimum Gasteiger partial charge on any atom is -0.497 e. The molecule has 0 spiro atoms. The standard InChI is InChI=1S/C30H26N4O3/c1-37-23-12-9-19(10-13-23)17-20-11-14-25-27(24-7-2-3-8-26(24)33-28(20)25)29(35)32-21-5-4-6-22(18-21)34-16-15-31-30(34)36/h2-10,12-13,17-18H,11,14-16H2,1H3,(H,31,36)(H,32,35)/b20-17-. The third-order valence-corrected chi connectivity index (χ3v) is 6.90. The Morgan fingerprint density at radius 1 is 1.05 bits per heavy atom. The first-order chi connectivity index (χ1) is 18.1. The van der Waals surface area contributed by atoms with Gasteiger partial charge in [-0.15, -0.1) is 0 Å². The van der Waals surface area contributed by atoms with Gasteiger partial charge in [-0.05, 0) is 72.0 Å². The fraction of sp³-hybridized carbons (Fsp3) is 0.167. The molecule has 0 unspecified atom stereocenters. The Morgan fingerprint density at radius 2 is 1.89 bits per heavy atom. The molecule has 1 fully saturated rings. The van der Waals surface area contributed by atoms with Crippen molar-refractivity contribution in [3.05, 3.63) is 95.2 Å². The van der Waals surface area contributed by atoms with Crippen LogP contribution in [0.15, 0.2) is 72.8 Å². The fourth-order valence-electron chi connectivity index (χ4n) is 5.10. The lowest BCUT2D eigenvalue weighted by atomic mass is 9.99. The molecule has 0 saturated carbocycles. The highest BCUT2D eigenvalue weighted by Gasteiger charge is 2.27. The summed E-state index contributed by atoms with van der Waals surface area (Å²) in [5, 5.41) is 6.72. The second kappa shape index (κ2) is 9.43. The molecule has 7 nitrogen and oxygen atoms in total. The van der Waals surface area contributed by atoms with E-state index in [0.29, 0.717) is 24.3 Å². The predicted octanol–water partition coefficient (Wildman–Crippen LogP) is 5.51. The third-order valence-electron chi connectivity index (χ3n) is 6.90. The Morgan fingerprint density at radius 3 is 2.68 bits per heavy atom. The van der Waals surface area contributed by atoms with Crippen molar-refractivity contribution in [2.24, 2.45) is 0 Å². The van der Waals surface area contributed by atoms with Crippen molar-refractivity contribution < 1.29 is 14.3 Å². The van der Waals surface area contributed by atoms with Gasteiger partial charge in [0.2, 0.25) is 0 Å². The first-order valence-electron chi connectivity index (χ1n) is 12.3. The number of fused-ring (bicyclic) bond motifs is 2. The van der Waals surface area contributed by atoms with Crippen LogP contribution >= 0.6 is 0 Å². The number of hydrogen-bond donors (Lipinski definition) is 2. The minimum absolute atomic E-state index is 0.127. The zero-order valence-electron chi connectivity index (χ0n) is 20.5. The van der Waals surface area contributed by atoms with E-state index < -0.39 is 0 Å². The van der Waals surface area contributed by atoms with Crippen LogP contribution in [0.3, 0.4) is 0 Å². The summed E-state index contributed by atoms with van der Waals surface area (Å²) < 4.78 is 5.28. The largest absolute Gasteiger partial charge is 0.497 e. The van der Waals surface area contributed by atoms with Gasteiger partial charge in [-0.3, -0.25) is 9.69 Å². The second-order valence-electron chi connectivity index (χ2n) is 9.16. The van der Waals surface area contributed by atoms with Crippen LogP contribution in [-0.2, 0) is 6.42 Å².